The van der Waals surface area contributed by atoms with Crippen LogP contribution in [-0.2, 0) is 0 Å². The minimum absolute atomic E-state index is 0.851. The smallest absolute Gasteiger partial charge is 0.00978 e. The predicted molar refractivity (Wildman–Crippen MR) is 82.3 cm³/mol. The van der Waals surface area contributed by atoms with Crippen molar-refractivity contribution in [2.45, 2.75) is 96.1 Å². The van der Waals surface area contributed by atoms with Gasteiger partial charge < -0.3 is 5.32 Å². The van der Waals surface area contributed by atoms with E-state index in [-0.39, 0.29) is 0 Å². The summed E-state index contributed by atoms with van der Waals surface area (Å²) < 4.78 is 0. The molecule has 0 spiro atoms. The second-order valence-corrected chi connectivity index (χ2v) is 7.54. The maximum atomic E-state index is 4.09. The quantitative estimate of drug-likeness (QED) is 0.763. The molecule has 3 aliphatic carbocycles. The molecule has 5 unspecified atom stereocenters. The van der Waals surface area contributed by atoms with Crippen molar-refractivity contribution in [1.82, 2.24) is 5.32 Å². The van der Waals surface area contributed by atoms with Gasteiger partial charge in [0.2, 0.25) is 0 Å². The van der Waals surface area contributed by atoms with Gasteiger partial charge in [0.25, 0.3) is 0 Å². The molecule has 0 aromatic carbocycles. The second kappa shape index (κ2) is 6.61. The molecule has 3 rings (SSSR count). The third-order valence-electron chi connectivity index (χ3n) is 6.42. The van der Waals surface area contributed by atoms with Crippen LogP contribution in [0.5, 0.6) is 0 Å². The van der Waals surface area contributed by atoms with Crippen molar-refractivity contribution in [3.05, 3.63) is 0 Å². The van der Waals surface area contributed by atoms with E-state index in [4.69, 9.17) is 0 Å². The summed E-state index contributed by atoms with van der Waals surface area (Å²) in [7, 11) is 0. The van der Waals surface area contributed by atoms with E-state index in [0.29, 0.717) is 0 Å². The molecule has 0 amide bonds. The fraction of sp³-hybridized carbons (Fsp3) is 1.00. The molecule has 1 nitrogen and oxygen atoms in total. The average molecular weight is 263 g/mol. The van der Waals surface area contributed by atoms with Crippen LogP contribution in [-0.4, -0.2) is 12.1 Å². The van der Waals surface area contributed by atoms with Crippen LogP contribution >= 0.6 is 0 Å². The monoisotopic (exact) mass is 263 g/mol. The molecule has 5 atom stereocenters. The molecule has 0 aliphatic heterocycles. The van der Waals surface area contributed by atoms with E-state index in [2.05, 4.69) is 12.2 Å². The molecule has 110 valence electrons. The number of hydrogen-bond acceptors (Lipinski definition) is 1. The van der Waals surface area contributed by atoms with Gasteiger partial charge in [0, 0.05) is 12.1 Å². The summed E-state index contributed by atoms with van der Waals surface area (Å²) in [5, 5.41) is 4.09. The fourth-order valence-corrected chi connectivity index (χ4v) is 5.24. The summed E-state index contributed by atoms with van der Waals surface area (Å²) in [6, 6.07) is 1.71. The van der Waals surface area contributed by atoms with Crippen LogP contribution < -0.4 is 5.32 Å². The van der Waals surface area contributed by atoms with Crippen molar-refractivity contribution in [3.63, 3.8) is 0 Å². The molecule has 0 bridgehead atoms. The van der Waals surface area contributed by atoms with Crippen LogP contribution in [0.2, 0.25) is 0 Å². The second-order valence-electron chi connectivity index (χ2n) is 7.54. The number of hydrogen-bond donors (Lipinski definition) is 1. The largest absolute Gasteiger partial charge is 0.311 e. The first-order chi connectivity index (χ1) is 9.36. The summed E-state index contributed by atoms with van der Waals surface area (Å²) in [6.45, 7) is 2.39. The molecule has 0 aromatic heterocycles. The van der Waals surface area contributed by atoms with Gasteiger partial charge in [-0.1, -0.05) is 51.9 Å². The Morgan fingerprint density at radius 1 is 0.789 bits per heavy atom. The molecule has 1 heteroatoms. The van der Waals surface area contributed by atoms with Crippen molar-refractivity contribution in [1.29, 1.82) is 0 Å². The van der Waals surface area contributed by atoms with Crippen molar-refractivity contribution < 1.29 is 0 Å². The maximum Gasteiger partial charge on any atom is 0.00978 e. The molecule has 3 fully saturated rings. The van der Waals surface area contributed by atoms with Crippen molar-refractivity contribution >= 4 is 0 Å². The fourth-order valence-electron chi connectivity index (χ4n) is 5.24. The molecular weight excluding hydrogens is 230 g/mol. The highest BCUT2D eigenvalue weighted by Crippen LogP contribution is 2.41. The highest BCUT2D eigenvalue weighted by molar-refractivity contribution is 4.90. The minimum atomic E-state index is 0.851. The Labute approximate surface area is 119 Å². The van der Waals surface area contributed by atoms with E-state index >= 15 is 0 Å². The number of nitrogens with one attached hydrogen (secondary N) is 1. The summed E-state index contributed by atoms with van der Waals surface area (Å²) >= 11 is 0. The van der Waals surface area contributed by atoms with Gasteiger partial charge in [-0.05, 0) is 49.9 Å². The zero-order chi connectivity index (χ0) is 13.1. The van der Waals surface area contributed by atoms with Gasteiger partial charge in [-0.2, -0.15) is 0 Å². The first-order valence-corrected chi connectivity index (χ1v) is 9.13. The van der Waals surface area contributed by atoms with E-state index in [1.165, 1.54) is 70.6 Å². The van der Waals surface area contributed by atoms with Crippen LogP contribution in [0, 0.1) is 17.8 Å². The summed E-state index contributed by atoms with van der Waals surface area (Å²) in [5.74, 6) is 3.14. The third kappa shape index (κ3) is 3.35. The lowest BCUT2D eigenvalue weighted by molar-refractivity contribution is 0.125. The van der Waals surface area contributed by atoms with Gasteiger partial charge in [-0.3, -0.25) is 0 Å². The standard InChI is InChI=1S/C18H33N/c1-2-14-7-5-6-10-18(14)19-17-12-11-15-8-3-4-9-16(15)13-17/h14-19H,2-13H2,1H3. The van der Waals surface area contributed by atoms with Gasteiger partial charge in [-0.25, -0.2) is 0 Å². The van der Waals surface area contributed by atoms with Crippen molar-refractivity contribution in [3.8, 4) is 0 Å². The van der Waals surface area contributed by atoms with E-state index in [1.54, 1.807) is 6.42 Å². The molecule has 19 heavy (non-hydrogen) atoms. The lowest BCUT2D eigenvalue weighted by Gasteiger charge is -2.42. The van der Waals surface area contributed by atoms with Gasteiger partial charge in [0.15, 0.2) is 0 Å². The van der Waals surface area contributed by atoms with Crippen LogP contribution in [0.3, 0.4) is 0 Å². The van der Waals surface area contributed by atoms with E-state index in [0.717, 1.165) is 29.8 Å². The Kier molecular flexibility index (Phi) is 4.84. The maximum absolute atomic E-state index is 4.09. The summed E-state index contributed by atoms with van der Waals surface area (Å²) in [5.41, 5.74) is 0. The number of fused-ring (bicyclic) bond motifs is 1. The Morgan fingerprint density at radius 3 is 2.37 bits per heavy atom. The van der Waals surface area contributed by atoms with Crippen LogP contribution in [0.15, 0.2) is 0 Å². The molecule has 1 N–H and O–H groups in total. The third-order valence-corrected chi connectivity index (χ3v) is 6.42. The highest BCUT2D eigenvalue weighted by Gasteiger charge is 2.34. The van der Waals surface area contributed by atoms with Crippen molar-refractivity contribution in [2.75, 3.05) is 0 Å². The molecular formula is C18H33N. The summed E-state index contributed by atoms with van der Waals surface area (Å²) in [6.07, 6.45) is 17.8. The lowest BCUT2D eigenvalue weighted by Crippen LogP contribution is -2.47. The predicted octanol–water partition coefficient (Wildman–Crippen LogP) is 4.90. The lowest BCUT2D eigenvalue weighted by atomic mass is 9.69. The van der Waals surface area contributed by atoms with Crippen LogP contribution in [0.4, 0.5) is 0 Å². The molecule has 3 aliphatic rings. The molecule has 3 saturated carbocycles. The van der Waals surface area contributed by atoms with Gasteiger partial charge in [-0.15, -0.1) is 0 Å². The topological polar surface area (TPSA) is 12.0 Å². The van der Waals surface area contributed by atoms with Crippen LogP contribution in [0.1, 0.15) is 84.0 Å². The average Bonchev–Trinajstić information content (AvgIpc) is 2.48. The number of rotatable bonds is 3. The Hall–Kier alpha value is -0.0400. The SMILES string of the molecule is CCC1CCCCC1NC1CCC2CCCCC2C1. The van der Waals surface area contributed by atoms with Gasteiger partial charge in [0.05, 0.1) is 0 Å². The molecule has 0 radical (unpaired) electrons. The highest BCUT2D eigenvalue weighted by atomic mass is 15.0. The van der Waals surface area contributed by atoms with Gasteiger partial charge >= 0.3 is 0 Å². The van der Waals surface area contributed by atoms with Crippen molar-refractivity contribution in [2.24, 2.45) is 17.8 Å². The van der Waals surface area contributed by atoms with E-state index < -0.39 is 0 Å². The first kappa shape index (κ1) is 13.9. The molecule has 0 saturated heterocycles. The summed E-state index contributed by atoms with van der Waals surface area (Å²) in [4.78, 5) is 0. The normalized spacial score (nSPS) is 43.7. The zero-order valence-corrected chi connectivity index (χ0v) is 12.9. The van der Waals surface area contributed by atoms with E-state index in [9.17, 15) is 0 Å². The Balaban J connectivity index is 1.52. The van der Waals surface area contributed by atoms with Gasteiger partial charge in [0.1, 0.15) is 0 Å². The first-order valence-electron chi connectivity index (χ1n) is 9.13. The molecule has 0 heterocycles. The zero-order valence-electron chi connectivity index (χ0n) is 12.9. The molecule has 0 aromatic rings. The Bertz CT molecular complexity index is 275. The van der Waals surface area contributed by atoms with E-state index in [1.807, 2.05) is 0 Å². The van der Waals surface area contributed by atoms with Crippen LogP contribution in [0.25, 0.3) is 0 Å². The minimum Gasteiger partial charge on any atom is -0.311 e. The Morgan fingerprint density at radius 2 is 1.53 bits per heavy atom.